The summed E-state index contributed by atoms with van der Waals surface area (Å²) in [5.41, 5.74) is 0. The maximum atomic E-state index is 4.38. The number of nitrogens with zero attached hydrogens (tertiary/aromatic N) is 3. The molecule has 0 saturated carbocycles. The van der Waals surface area contributed by atoms with Crippen molar-refractivity contribution in [2.75, 3.05) is 52.9 Å². The van der Waals surface area contributed by atoms with Crippen LogP contribution in [0.25, 0.3) is 0 Å². The topological polar surface area (TPSA) is 42.9 Å². The summed E-state index contributed by atoms with van der Waals surface area (Å²) in [7, 11) is 1.85. The lowest BCUT2D eigenvalue weighted by Crippen LogP contribution is -2.44. The summed E-state index contributed by atoms with van der Waals surface area (Å²) in [5, 5.41) is 9.15. The first-order chi connectivity index (χ1) is 11.8. The van der Waals surface area contributed by atoms with Gasteiger partial charge in [-0.1, -0.05) is 19.9 Å². The number of nitrogens with one attached hydrogen (secondary N) is 2. The summed E-state index contributed by atoms with van der Waals surface area (Å²) in [4.78, 5) is 10.8. The highest BCUT2D eigenvalue weighted by Crippen LogP contribution is 2.27. The highest BCUT2D eigenvalue weighted by atomic mass is 127. The maximum absolute atomic E-state index is 4.38. The van der Waals surface area contributed by atoms with Crippen molar-refractivity contribution in [3.8, 4) is 0 Å². The third-order valence-corrected chi connectivity index (χ3v) is 5.73. The molecule has 0 spiro atoms. The molecule has 25 heavy (non-hydrogen) atoms. The Bertz CT molecular complexity index is 470. The molecule has 7 heteroatoms. The van der Waals surface area contributed by atoms with Crippen molar-refractivity contribution in [3.05, 3.63) is 22.4 Å². The molecule has 1 fully saturated rings. The van der Waals surface area contributed by atoms with Crippen LogP contribution >= 0.6 is 35.3 Å². The van der Waals surface area contributed by atoms with Gasteiger partial charge in [0.25, 0.3) is 0 Å². The van der Waals surface area contributed by atoms with Crippen molar-refractivity contribution in [1.82, 2.24) is 20.4 Å². The van der Waals surface area contributed by atoms with Crippen LogP contribution < -0.4 is 10.6 Å². The van der Waals surface area contributed by atoms with E-state index in [1.54, 1.807) is 0 Å². The van der Waals surface area contributed by atoms with Gasteiger partial charge in [0.1, 0.15) is 0 Å². The van der Waals surface area contributed by atoms with E-state index in [2.05, 4.69) is 56.8 Å². The van der Waals surface area contributed by atoms with E-state index in [-0.39, 0.29) is 24.0 Å². The predicted octanol–water partition coefficient (Wildman–Crippen LogP) is 3.01. The molecule has 2 rings (SSSR count). The third-order valence-electron chi connectivity index (χ3n) is 4.75. The maximum Gasteiger partial charge on any atom is 0.191 e. The van der Waals surface area contributed by atoms with E-state index in [9.17, 15) is 0 Å². The number of likely N-dealkylation sites (tertiary alicyclic amines) is 1. The summed E-state index contributed by atoms with van der Waals surface area (Å²) in [6, 6.07) is 4.86. The van der Waals surface area contributed by atoms with Crippen LogP contribution in [0.15, 0.2) is 22.5 Å². The van der Waals surface area contributed by atoms with Gasteiger partial charge in [-0.25, -0.2) is 0 Å². The number of aliphatic imine (C=N–C) groups is 1. The second kappa shape index (κ2) is 12.9. The molecular formula is C18H34IN5S. The van der Waals surface area contributed by atoms with Gasteiger partial charge < -0.3 is 15.5 Å². The Morgan fingerprint density at radius 3 is 2.56 bits per heavy atom. The zero-order chi connectivity index (χ0) is 17.2. The lowest BCUT2D eigenvalue weighted by molar-refractivity contribution is 0.248. The minimum atomic E-state index is 0. The van der Waals surface area contributed by atoms with Crippen molar-refractivity contribution in [2.24, 2.45) is 4.99 Å². The molecule has 1 aliphatic heterocycles. The number of hydrogen-bond donors (Lipinski definition) is 2. The Balaban J connectivity index is 0.00000312. The standard InChI is InChI=1S/C18H33N5S.HI/c1-4-22(5-2)13-10-20-18(19-3)21-15-16(17-9-8-14-24-17)23-11-6-7-12-23;/h8-9,14,16H,4-7,10-13,15H2,1-3H3,(H2,19,20,21);1H. The van der Waals surface area contributed by atoms with E-state index < -0.39 is 0 Å². The number of halogens is 1. The van der Waals surface area contributed by atoms with E-state index in [0.29, 0.717) is 6.04 Å². The van der Waals surface area contributed by atoms with E-state index in [0.717, 1.165) is 38.7 Å². The normalized spacial score (nSPS) is 16.7. The first-order valence-electron chi connectivity index (χ1n) is 9.22. The van der Waals surface area contributed by atoms with E-state index in [1.807, 2.05) is 18.4 Å². The van der Waals surface area contributed by atoms with E-state index in [4.69, 9.17) is 0 Å². The molecule has 1 atom stereocenters. The molecule has 1 aromatic heterocycles. The van der Waals surface area contributed by atoms with E-state index in [1.165, 1.54) is 30.8 Å². The zero-order valence-corrected chi connectivity index (χ0v) is 19.0. The summed E-state index contributed by atoms with van der Waals surface area (Å²) in [6.07, 6.45) is 2.64. The Hall–Kier alpha value is -0.380. The van der Waals surface area contributed by atoms with E-state index >= 15 is 0 Å². The number of likely N-dealkylation sites (N-methyl/N-ethyl adjacent to an activating group) is 1. The van der Waals surface area contributed by atoms with Gasteiger partial charge in [-0.3, -0.25) is 9.89 Å². The second-order valence-corrected chi connectivity index (χ2v) is 7.16. The molecule has 0 radical (unpaired) electrons. The second-order valence-electron chi connectivity index (χ2n) is 6.18. The molecular weight excluding hydrogens is 445 g/mol. The fraction of sp³-hybridized carbons (Fsp3) is 0.722. The van der Waals surface area contributed by atoms with Gasteiger partial charge >= 0.3 is 0 Å². The highest BCUT2D eigenvalue weighted by Gasteiger charge is 2.24. The van der Waals surface area contributed by atoms with Crippen LogP contribution in [0.4, 0.5) is 0 Å². The van der Waals surface area contributed by atoms with Gasteiger partial charge in [0, 0.05) is 31.6 Å². The van der Waals surface area contributed by atoms with Crippen molar-refractivity contribution in [2.45, 2.75) is 32.7 Å². The smallest absolute Gasteiger partial charge is 0.191 e. The largest absolute Gasteiger partial charge is 0.355 e. The fourth-order valence-electron chi connectivity index (χ4n) is 3.23. The third kappa shape index (κ3) is 7.40. The fourth-order valence-corrected chi connectivity index (χ4v) is 4.09. The minimum Gasteiger partial charge on any atom is -0.355 e. The molecule has 5 nitrogen and oxygen atoms in total. The highest BCUT2D eigenvalue weighted by molar-refractivity contribution is 14.0. The van der Waals surface area contributed by atoms with Crippen molar-refractivity contribution < 1.29 is 0 Å². The quantitative estimate of drug-likeness (QED) is 0.325. The zero-order valence-electron chi connectivity index (χ0n) is 15.8. The van der Waals surface area contributed by atoms with Crippen LogP contribution in [-0.2, 0) is 0 Å². The molecule has 0 aliphatic carbocycles. The first-order valence-corrected chi connectivity index (χ1v) is 10.1. The number of hydrogen-bond acceptors (Lipinski definition) is 4. The van der Waals surface area contributed by atoms with Crippen LogP contribution in [0.2, 0.25) is 0 Å². The van der Waals surface area contributed by atoms with Crippen LogP contribution in [-0.4, -0.2) is 68.6 Å². The lowest BCUT2D eigenvalue weighted by Gasteiger charge is -2.27. The lowest BCUT2D eigenvalue weighted by atomic mass is 10.2. The Morgan fingerprint density at radius 1 is 1.28 bits per heavy atom. The molecule has 1 unspecified atom stereocenters. The van der Waals surface area contributed by atoms with Gasteiger partial charge in [0.15, 0.2) is 5.96 Å². The van der Waals surface area contributed by atoms with Crippen LogP contribution in [0.3, 0.4) is 0 Å². The average molecular weight is 479 g/mol. The van der Waals surface area contributed by atoms with Crippen LogP contribution in [0.5, 0.6) is 0 Å². The van der Waals surface area contributed by atoms with Gasteiger partial charge in [-0.2, -0.15) is 0 Å². The van der Waals surface area contributed by atoms with Gasteiger partial charge in [0.05, 0.1) is 6.04 Å². The summed E-state index contributed by atoms with van der Waals surface area (Å²) < 4.78 is 0. The Kier molecular flexibility index (Phi) is 11.7. The van der Waals surface area contributed by atoms with Crippen LogP contribution in [0.1, 0.15) is 37.6 Å². The number of guanidine groups is 1. The average Bonchev–Trinajstić information content (AvgIpc) is 3.31. The molecule has 1 aliphatic rings. The number of thiophene rings is 1. The molecule has 2 N–H and O–H groups in total. The summed E-state index contributed by atoms with van der Waals surface area (Å²) >= 11 is 1.86. The molecule has 2 heterocycles. The van der Waals surface area contributed by atoms with Gasteiger partial charge in [0.2, 0.25) is 0 Å². The summed E-state index contributed by atoms with van der Waals surface area (Å²) in [5.74, 6) is 0.905. The van der Waals surface area contributed by atoms with Crippen molar-refractivity contribution >= 4 is 41.3 Å². The van der Waals surface area contributed by atoms with Gasteiger partial charge in [-0.05, 0) is 50.5 Å². The summed E-state index contributed by atoms with van der Waals surface area (Å²) in [6.45, 7) is 11.9. The molecule has 144 valence electrons. The molecule has 0 bridgehead atoms. The Morgan fingerprint density at radius 2 is 2.00 bits per heavy atom. The van der Waals surface area contributed by atoms with Crippen molar-refractivity contribution in [3.63, 3.8) is 0 Å². The van der Waals surface area contributed by atoms with Crippen LogP contribution in [0, 0.1) is 0 Å². The predicted molar refractivity (Wildman–Crippen MR) is 120 cm³/mol. The molecule has 1 saturated heterocycles. The SMILES string of the molecule is CCN(CC)CCNC(=NC)NCC(c1cccs1)N1CCCC1.I. The molecule has 0 aromatic carbocycles. The molecule has 0 amide bonds. The minimum absolute atomic E-state index is 0. The number of rotatable bonds is 9. The molecule has 1 aromatic rings. The monoisotopic (exact) mass is 479 g/mol. The Labute approximate surface area is 174 Å². The first kappa shape index (κ1) is 22.7. The van der Waals surface area contributed by atoms with Gasteiger partial charge in [-0.15, -0.1) is 35.3 Å². The van der Waals surface area contributed by atoms with Crippen molar-refractivity contribution in [1.29, 1.82) is 0 Å².